The van der Waals surface area contributed by atoms with Crippen LogP contribution in [0.4, 0.5) is 5.69 Å². The molecule has 0 fully saturated rings. The van der Waals surface area contributed by atoms with Gasteiger partial charge < -0.3 is 10.6 Å². The Kier molecular flexibility index (Phi) is 6.29. The highest BCUT2D eigenvalue weighted by atomic mass is 32.1. The number of rotatable bonds is 6. The average molecular weight is 439 g/mol. The van der Waals surface area contributed by atoms with Crippen LogP contribution in [0.15, 0.2) is 84.6 Å². The molecule has 0 saturated heterocycles. The van der Waals surface area contributed by atoms with E-state index in [1.807, 2.05) is 73.7 Å². The minimum atomic E-state index is -0.419. The Morgan fingerprint density at radius 3 is 2.56 bits per heavy atom. The van der Waals surface area contributed by atoms with Crippen LogP contribution in [0.5, 0.6) is 0 Å². The lowest BCUT2D eigenvalue weighted by Gasteiger charge is -2.13. The van der Waals surface area contributed by atoms with E-state index < -0.39 is 5.91 Å². The summed E-state index contributed by atoms with van der Waals surface area (Å²) in [5, 5.41) is 16.3. The maximum Gasteiger partial charge on any atom is 0.263 e. The Morgan fingerprint density at radius 1 is 1.09 bits per heavy atom. The molecule has 0 spiro atoms. The summed E-state index contributed by atoms with van der Waals surface area (Å²) in [5.74, 6) is -0.419. The summed E-state index contributed by atoms with van der Waals surface area (Å²) in [6.45, 7) is 3.96. The van der Waals surface area contributed by atoms with Crippen LogP contribution in [0, 0.1) is 18.3 Å². The van der Waals surface area contributed by atoms with Crippen LogP contribution < -0.4 is 10.6 Å². The lowest BCUT2D eigenvalue weighted by Crippen LogP contribution is -2.28. The summed E-state index contributed by atoms with van der Waals surface area (Å²) >= 11 is 1.66. The molecule has 1 amide bonds. The third-order valence-corrected chi connectivity index (χ3v) is 6.14. The summed E-state index contributed by atoms with van der Waals surface area (Å²) in [7, 11) is 0. The first-order valence-corrected chi connectivity index (χ1v) is 11.1. The van der Waals surface area contributed by atoms with Crippen molar-refractivity contribution in [1.29, 1.82) is 5.26 Å². The molecule has 4 rings (SSSR count). The van der Waals surface area contributed by atoms with E-state index in [0.717, 1.165) is 27.3 Å². The normalized spacial score (nSPS) is 12.2. The number of carbonyl (C=O) groups excluding carboxylic acids is 1. The Bertz CT molecular complexity index is 1320. The Balaban J connectivity index is 1.43. The molecule has 1 aromatic heterocycles. The standard InChI is InChI=1S/C26H22N4OS/c1-17-8-13-23-24(14-17)32-26(30-23)20-9-11-22(12-10-20)28-16-21(15-27)25(31)29-18(2)19-6-4-3-5-7-19/h3-14,16,18,28H,1-2H3,(H,29,31)/b21-16-. The number of hydrogen-bond donors (Lipinski definition) is 2. The largest absolute Gasteiger partial charge is 0.360 e. The molecule has 1 heterocycles. The fourth-order valence-electron chi connectivity index (χ4n) is 3.27. The molecule has 6 heteroatoms. The van der Waals surface area contributed by atoms with E-state index in [1.165, 1.54) is 16.5 Å². The van der Waals surface area contributed by atoms with E-state index in [-0.39, 0.29) is 11.6 Å². The van der Waals surface area contributed by atoms with Crippen LogP contribution in [0.25, 0.3) is 20.8 Å². The zero-order valence-corrected chi connectivity index (χ0v) is 18.6. The second kappa shape index (κ2) is 9.46. The molecular formula is C26H22N4OS. The number of carbonyl (C=O) groups is 1. The fourth-order valence-corrected chi connectivity index (χ4v) is 4.34. The second-order valence-corrected chi connectivity index (χ2v) is 8.52. The van der Waals surface area contributed by atoms with Gasteiger partial charge in [0.15, 0.2) is 0 Å². The van der Waals surface area contributed by atoms with Crippen molar-refractivity contribution in [2.24, 2.45) is 0 Å². The third-order valence-electron chi connectivity index (χ3n) is 5.07. The number of nitrogens with zero attached hydrogens (tertiary/aromatic N) is 2. The van der Waals surface area contributed by atoms with Gasteiger partial charge in [-0.3, -0.25) is 4.79 Å². The fraction of sp³-hybridized carbons (Fsp3) is 0.115. The number of aryl methyl sites for hydroxylation is 1. The summed E-state index contributed by atoms with van der Waals surface area (Å²) in [6, 6.07) is 25.4. The number of benzene rings is 3. The summed E-state index contributed by atoms with van der Waals surface area (Å²) < 4.78 is 1.17. The minimum Gasteiger partial charge on any atom is -0.360 e. The van der Waals surface area contributed by atoms with Crippen molar-refractivity contribution in [3.8, 4) is 16.6 Å². The van der Waals surface area contributed by atoms with Crippen molar-refractivity contribution >= 4 is 33.1 Å². The second-order valence-electron chi connectivity index (χ2n) is 7.49. The van der Waals surface area contributed by atoms with Gasteiger partial charge in [-0.15, -0.1) is 11.3 Å². The quantitative estimate of drug-likeness (QED) is 0.287. The highest BCUT2D eigenvalue weighted by Gasteiger charge is 2.13. The van der Waals surface area contributed by atoms with Crippen molar-refractivity contribution in [2.45, 2.75) is 19.9 Å². The minimum absolute atomic E-state index is 0.0124. The lowest BCUT2D eigenvalue weighted by atomic mass is 10.1. The van der Waals surface area contributed by atoms with Gasteiger partial charge in [0.2, 0.25) is 0 Å². The van der Waals surface area contributed by atoms with Crippen molar-refractivity contribution in [2.75, 3.05) is 5.32 Å². The van der Waals surface area contributed by atoms with Crippen molar-refractivity contribution in [3.63, 3.8) is 0 Å². The Hall–Kier alpha value is -3.95. The summed E-state index contributed by atoms with van der Waals surface area (Å²) in [4.78, 5) is 17.2. The molecule has 32 heavy (non-hydrogen) atoms. The number of anilines is 1. The number of nitrogens with one attached hydrogen (secondary N) is 2. The van der Waals surface area contributed by atoms with Gasteiger partial charge in [0.1, 0.15) is 16.6 Å². The Labute approximate surface area is 191 Å². The highest BCUT2D eigenvalue weighted by molar-refractivity contribution is 7.21. The first-order chi connectivity index (χ1) is 15.5. The topological polar surface area (TPSA) is 77.8 Å². The predicted molar refractivity (Wildman–Crippen MR) is 130 cm³/mol. The van der Waals surface area contributed by atoms with Crippen LogP contribution in [-0.4, -0.2) is 10.9 Å². The molecule has 0 radical (unpaired) electrons. The maximum atomic E-state index is 12.5. The molecule has 0 saturated carbocycles. The van der Waals surface area contributed by atoms with Gasteiger partial charge in [0.05, 0.1) is 16.3 Å². The number of thiazole rings is 1. The van der Waals surface area contributed by atoms with Gasteiger partial charge in [-0.05, 0) is 61.4 Å². The van der Waals surface area contributed by atoms with Crippen LogP contribution in [-0.2, 0) is 4.79 Å². The first kappa shape index (κ1) is 21.3. The summed E-state index contributed by atoms with van der Waals surface area (Å²) in [6.07, 6.45) is 1.43. The van der Waals surface area contributed by atoms with Gasteiger partial charge in [0, 0.05) is 17.5 Å². The van der Waals surface area contributed by atoms with Gasteiger partial charge in [-0.25, -0.2) is 4.98 Å². The number of amides is 1. The third kappa shape index (κ3) is 4.85. The molecule has 4 aromatic rings. The monoisotopic (exact) mass is 438 g/mol. The molecule has 5 nitrogen and oxygen atoms in total. The number of fused-ring (bicyclic) bond motifs is 1. The predicted octanol–water partition coefficient (Wildman–Crippen LogP) is 5.97. The van der Waals surface area contributed by atoms with E-state index in [1.54, 1.807) is 11.3 Å². The molecule has 0 aliphatic heterocycles. The molecule has 1 unspecified atom stereocenters. The van der Waals surface area contributed by atoms with Crippen LogP contribution in [0.1, 0.15) is 24.1 Å². The van der Waals surface area contributed by atoms with E-state index >= 15 is 0 Å². The number of aromatic nitrogens is 1. The van der Waals surface area contributed by atoms with E-state index in [2.05, 4.69) is 29.7 Å². The Morgan fingerprint density at radius 2 is 1.84 bits per heavy atom. The highest BCUT2D eigenvalue weighted by Crippen LogP contribution is 2.31. The van der Waals surface area contributed by atoms with Crippen molar-refractivity contribution in [1.82, 2.24) is 10.3 Å². The van der Waals surface area contributed by atoms with E-state index in [0.29, 0.717) is 0 Å². The van der Waals surface area contributed by atoms with Crippen molar-refractivity contribution in [3.05, 3.63) is 95.7 Å². The molecule has 0 aliphatic carbocycles. The van der Waals surface area contributed by atoms with Gasteiger partial charge in [0.25, 0.3) is 5.91 Å². The van der Waals surface area contributed by atoms with Crippen LogP contribution in [0.2, 0.25) is 0 Å². The molecule has 158 valence electrons. The molecule has 0 bridgehead atoms. The van der Waals surface area contributed by atoms with Gasteiger partial charge in [-0.2, -0.15) is 5.26 Å². The molecule has 1 atom stereocenters. The van der Waals surface area contributed by atoms with E-state index in [9.17, 15) is 10.1 Å². The maximum absolute atomic E-state index is 12.5. The zero-order chi connectivity index (χ0) is 22.5. The van der Waals surface area contributed by atoms with Crippen LogP contribution >= 0.6 is 11.3 Å². The van der Waals surface area contributed by atoms with Crippen LogP contribution in [0.3, 0.4) is 0 Å². The summed E-state index contributed by atoms with van der Waals surface area (Å²) in [5.41, 5.74) is 5.01. The molecule has 0 aliphatic rings. The number of hydrogen-bond acceptors (Lipinski definition) is 5. The smallest absolute Gasteiger partial charge is 0.263 e. The molecular weight excluding hydrogens is 416 g/mol. The van der Waals surface area contributed by atoms with Gasteiger partial charge in [-0.1, -0.05) is 36.4 Å². The van der Waals surface area contributed by atoms with E-state index in [4.69, 9.17) is 4.98 Å². The lowest BCUT2D eigenvalue weighted by molar-refractivity contribution is -0.117. The molecule has 3 aromatic carbocycles. The zero-order valence-electron chi connectivity index (χ0n) is 17.8. The molecule has 2 N–H and O–H groups in total. The van der Waals surface area contributed by atoms with Crippen molar-refractivity contribution < 1.29 is 4.79 Å². The average Bonchev–Trinajstić information content (AvgIpc) is 3.23. The number of nitriles is 1. The first-order valence-electron chi connectivity index (χ1n) is 10.2. The van der Waals surface area contributed by atoms with Gasteiger partial charge >= 0.3 is 0 Å². The SMILES string of the molecule is Cc1ccc2nc(-c3ccc(N/C=C(/C#N)C(=O)NC(C)c4ccccc4)cc3)sc2c1.